The quantitative estimate of drug-likeness (QED) is 0.418. The molecule has 1 aliphatic rings. The molecule has 3 aromatic rings. The van der Waals surface area contributed by atoms with E-state index in [2.05, 4.69) is 20.5 Å². The fourth-order valence-electron chi connectivity index (χ4n) is 3.30. The molecule has 2 N–H and O–H groups in total. The Hall–Kier alpha value is -2.83. The molecule has 0 saturated carbocycles. The summed E-state index contributed by atoms with van der Waals surface area (Å²) in [7, 11) is -3.75. The van der Waals surface area contributed by atoms with Crippen molar-refractivity contribution in [3.05, 3.63) is 51.7 Å². The van der Waals surface area contributed by atoms with Gasteiger partial charge < -0.3 is 5.32 Å². The molecular weight excluding hydrogens is 428 g/mol. The van der Waals surface area contributed by atoms with Crippen molar-refractivity contribution in [1.82, 2.24) is 19.5 Å². The van der Waals surface area contributed by atoms with Crippen LogP contribution >= 0.6 is 11.3 Å². The molecule has 158 valence electrons. The van der Waals surface area contributed by atoms with E-state index in [0.29, 0.717) is 24.7 Å². The van der Waals surface area contributed by atoms with Gasteiger partial charge in [0.1, 0.15) is 11.5 Å². The van der Waals surface area contributed by atoms with Gasteiger partial charge in [0.2, 0.25) is 10.0 Å². The van der Waals surface area contributed by atoms with Crippen molar-refractivity contribution < 1.29 is 13.3 Å². The molecule has 0 unspecified atom stereocenters. The highest BCUT2D eigenvalue weighted by Crippen LogP contribution is 2.30. The molecule has 10 nitrogen and oxygen atoms in total. The van der Waals surface area contributed by atoms with Gasteiger partial charge >= 0.3 is 0 Å². The minimum absolute atomic E-state index is 0.0682. The minimum atomic E-state index is -3.75. The molecule has 30 heavy (non-hydrogen) atoms. The number of nitro groups is 1. The highest BCUT2D eigenvalue weighted by molar-refractivity contribution is 7.89. The zero-order valence-electron chi connectivity index (χ0n) is 15.9. The van der Waals surface area contributed by atoms with E-state index in [9.17, 15) is 18.5 Å². The molecule has 2 aromatic heterocycles. The molecule has 12 heteroatoms. The summed E-state index contributed by atoms with van der Waals surface area (Å²) in [6, 6.07) is 7.74. The number of hydrogen-bond acceptors (Lipinski definition) is 8. The molecule has 0 amide bonds. The number of aromatic amines is 1. The summed E-state index contributed by atoms with van der Waals surface area (Å²) in [5.41, 5.74) is -0.0854. The molecule has 1 saturated heterocycles. The van der Waals surface area contributed by atoms with Crippen molar-refractivity contribution in [2.45, 2.75) is 30.7 Å². The Balaban J connectivity index is 1.53. The topological polar surface area (TPSA) is 134 Å². The molecule has 0 atom stereocenters. The second-order valence-electron chi connectivity index (χ2n) is 6.84. The van der Waals surface area contributed by atoms with Crippen LogP contribution in [0.5, 0.6) is 0 Å². The van der Waals surface area contributed by atoms with Crippen molar-refractivity contribution >= 4 is 32.7 Å². The third-order valence-electron chi connectivity index (χ3n) is 4.84. The van der Waals surface area contributed by atoms with E-state index in [1.54, 1.807) is 0 Å². The van der Waals surface area contributed by atoms with Crippen LogP contribution in [0.4, 0.5) is 11.4 Å². The Labute approximate surface area is 177 Å². The Morgan fingerprint density at radius 2 is 2.03 bits per heavy atom. The number of rotatable bonds is 7. The second kappa shape index (κ2) is 8.50. The maximum atomic E-state index is 12.8. The monoisotopic (exact) mass is 448 g/mol. The van der Waals surface area contributed by atoms with E-state index >= 15 is 0 Å². The Bertz CT molecular complexity index is 1140. The van der Waals surface area contributed by atoms with Crippen molar-refractivity contribution in [3.63, 3.8) is 0 Å². The largest absolute Gasteiger partial charge is 0.372 e. The smallest absolute Gasteiger partial charge is 0.293 e. The van der Waals surface area contributed by atoms with E-state index in [0.717, 1.165) is 30.2 Å². The molecule has 1 aliphatic heterocycles. The second-order valence-corrected chi connectivity index (χ2v) is 9.72. The number of nitro benzene ring substituents is 1. The van der Waals surface area contributed by atoms with Gasteiger partial charge in [-0.05, 0) is 36.4 Å². The Morgan fingerprint density at radius 3 is 2.73 bits per heavy atom. The average Bonchev–Trinajstić information content (AvgIpc) is 3.44. The van der Waals surface area contributed by atoms with Crippen LogP contribution in [0.25, 0.3) is 10.7 Å². The van der Waals surface area contributed by atoms with Gasteiger partial charge in [-0.1, -0.05) is 12.5 Å². The summed E-state index contributed by atoms with van der Waals surface area (Å²) < 4.78 is 27.0. The van der Waals surface area contributed by atoms with E-state index in [-0.39, 0.29) is 22.8 Å². The first-order valence-electron chi connectivity index (χ1n) is 9.43. The number of piperidine rings is 1. The Morgan fingerprint density at radius 1 is 1.23 bits per heavy atom. The fourth-order valence-corrected chi connectivity index (χ4v) is 5.49. The third-order valence-corrected chi connectivity index (χ3v) is 7.60. The first-order valence-corrected chi connectivity index (χ1v) is 11.7. The van der Waals surface area contributed by atoms with Gasteiger partial charge in [-0.25, -0.2) is 13.4 Å². The average molecular weight is 449 g/mol. The lowest BCUT2D eigenvalue weighted by Crippen LogP contribution is -2.35. The number of nitrogens with one attached hydrogen (secondary N) is 2. The van der Waals surface area contributed by atoms with Crippen LogP contribution in [0.1, 0.15) is 25.1 Å². The van der Waals surface area contributed by atoms with Gasteiger partial charge in [0.25, 0.3) is 5.69 Å². The number of hydrogen-bond donors (Lipinski definition) is 2. The van der Waals surface area contributed by atoms with Crippen molar-refractivity contribution in [3.8, 4) is 10.7 Å². The standard InChI is InChI=1S/C18H20N6O4S2/c25-24(26)15-11-13(30(27,28)23-8-2-1-3-9-23)6-7-14(15)19-12-17-20-18(22-21-17)16-5-4-10-29-16/h4-7,10-11,19H,1-3,8-9,12H2,(H,20,21,22). The van der Waals surface area contributed by atoms with E-state index in [4.69, 9.17) is 0 Å². The molecule has 4 rings (SSSR count). The molecule has 3 heterocycles. The van der Waals surface area contributed by atoms with Crippen LogP contribution in [-0.4, -0.2) is 45.9 Å². The fraction of sp³-hybridized carbons (Fsp3) is 0.333. The Kier molecular flexibility index (Phi) is 5.79. The molecule has 0 spiro atoms. The summed E-state index contributed by atoms with van der Waals surface area (Å²) in [6.45, 7) is 1.06. The number of benzene rings is 1. The summed E-state index contributed by atoms with van der Waals surface area (Å²) in [4.78, 5) is 16.2. The van der Waals surface area contributed by atoms with Crippen LogP contribution in [0, 0.1) is 10.1 Å². The van der Waals surface area contributed by atoms with Gasteiger partial charge in [0.05, 0.1) is 21.2 Å². The number of nitrogens with zero attached hydrogens (tertiary/aromatic N) is 4. The number of sulfonamides is 1. The van der Waals surface area contributed by atoms with Gasteiger partial charge in [-0.2, -0.15) is 9.40 Å². The summed E-state index contributed by atoms with van der Waals surface area (Å²) in [6.07, 6.45) is 2.59. The van der Waals surface area contributed by atoms with E-state index in [1.165, 1.54) is 27.8 Å². The lowest BCUT2D eigenvalue weighted by Gasteiger charge is -2.25. The van der Waals surface area contributed by atoms with Gasteiger partial charge in [0, 0.05) is 19.2 Å². The van der Waals surface area contributed by atoms with Gasteiger partial charge in [-0.15, -0.1) is 11.3 Å². The lowest BCUT2D eigenvalue weighted by molar-refractivity contribution is -0.384. The van der Waals surface area contributed by atoms with E-state index < -0.39 is 14.9 Å². The highest BCUT2D eigenvalue weighted by atomic mass is 32.2. The zero-order chi connectivity index (χ0) is 21.1. The van der Waals surface area contributed by atoms with Gasteiger partial charge in [0.15, 0.2) is 5.82 Å². The normalized spacial score (nSPS) is 15.2. The maximum absolute atomic E-state index is 12.8. The minimum Gasteiger partial charge on any atom is -0.372 e. The number of anilines is 1. The lowest BCUT2D eigenvalue weighted by atomic mass is 10.2. The molecule has 1 aromatic carbocycles. The number of thiophene rings is 1. The molecule has 0 aliphatic carbocycles. The summed E-state index contributed by atoms with van der Waals surface area (Å²) in [5, 5.41) is 23.4. The maximum Gasteiger partial charge on any atom is 0.293 e. The molecule has 0 radical (unpaired) electrons. The third kappa shape index (κ3) is 4.20. The van der Waals surface area contributed by atoms with Crippen LogP contribution < -0.4 is 5.32 Å². The van der Waals surface area contributed by atoms with Crippen LogP contribution in [0.3, 0.4) is 0 Å². The van der Waals surface area contributed by atoms with Gasteiger partial charge in [-0.3, -0.25) is 15.2 Å². The molecule has 1 fully saturated rings. The number of H-pyrrole nitrogens is 1. The highest BCUT2D eigenvalue weighted by Gasteiger charge is 2.28. The van der Waals surface area contributed by atoms with Crippen LogP contribution in [-0.2, 0) is 16.6 Å². The first-order chi connectivity index (χ1) is 14.4. The number of aromatic nitrogens is 3. The zero-order valence-corrected chi connectivity index (χ0v) is 17.6. The summed E-state index contributed by atoms with van der Waals surface area (Å²) in [5.74, 6) is 1.07. The molecule has 0 bridgehead atoms. The predicted molar refractivity (Wildman–Crippen MR) is 113 cm³/mol. The van der Waals surface area contributed by atoms with Crippen molar-refractivity contribution in [2.24, 2.45) is 0 Å². The molecular formula is C18H20N6O4S2. The first kappa shape index (κ1) is 20.4. The predicted octanol–water partition coefficient (Wildman–Crippen LogP) is 3.23. The van der Waals surface area contributed by atoms with Crippen LogP contribution in [0.15, 0.2) is 40.6 Å². The van der Waals surface area contributed by atoms with Crippen LogP contribution in [0.2, 0.25) is 0 Å². The van der Waals surface area contributed by atoms with Crippen molar-refractivity contribution in [1.29, 1.82) is 0 Å². The van der Waals surface area contributed by atoms with E-state index in [1.807, 2.05) is 17.5 Å². The SMILES string of the molecule is O=[N+]([O-])c1cc(S(=O)(=O)N2CCCCC2)ccc1NCc1nc(-c2cccs2)n[nH]1. The summed E-state index contributed by atoms with van der Waals surface area (Å²) >= 11 is 1.51. The van der Waals surface area contributed by atoms with Crippen molar-refractivity contribution in [2.75, 3.05) is 18.4 Å².